The van der Waals surface area contributed by atoms with Crippen molar-refractivity contribution in [1.29, 1.82) is 0 Å². The summed E-state index contributed by atoms with van der Waals surface area (Å²) in [6, 6.07) is 1.83. The molecular formula is C13H17FN2O4. The molecule has 0 saturated carbocycles. The van der Waals surface area contributed by atoms with E-state index in [0.717, 1.165) is 18.6 Å². The van der Waals surface area contributed by atoms with Crippen molar-refractivity contribution >= 4 is 17.3 Å². The summed E-state index contributed by atoms with van der Waals surface area (Å²) in [4.78, 5) is 21.8. The molecule has 1 rings (SSSR count). The first-order chi connectivity index (χ1) is 9.40. The molecule has 0 aliphatic carbocycles. The topological polar surface area (TPSA) is 81.5 Å². The molecule has 20 heavy (non-hydrogen) atoms. The SMILES string of the molecule is CCOC(=O)c1cc(NC(C)CC)c(F)cc1[N+](=O)[O-]. The molecule has 0 bridgehead atoms. The van der Waals surface area contributed by atoms with Gasteiger partial charge in [0.15, 0.2) is 5.82 Å². The number of benzene rings is 1. The Morgan fingerprint density at radius 1 is 1.50 bits per heavy atom. The van der Waals surface area contributed by atoms with Crippen LogP contribution in [0.15, 0.2) is 12.1 Å². The minimum Gasteiger partial charge on any atom is -0.462 e. The van der Waals surface area contributed by atoms with Crippen molar-refractivity contribution in [3.8, 4) is 0 Å². The lowest BCUT2D eigenvalue weighted by Gasteiger charge is -2.14. The van der Waals surface area contributed by atoms with Gasteiger partial charge in [-0.05, 0) is 26.3 Å². The van der Waals surface area contributed by atoms with Gasteiger partial charge in [-0.25, -0.2) is 9.18 Å². The number of nitrogens with zero attached hydrogens (tertiary/aromatic N) is 1. The van der Waals surface area contributed by atoms with E-state index >= 15 is 0 Å². The first-order valence-corrected chi connectivity index (χ1v) is 6.32. The van der Waals surface area contributed by atoms with E-state index in [2.05, 4.69) is 5.32 Å². The molecule has 1 atom stereocenters. The number of esters is 1. The number of halogens is 1. The Kier molecular flexibility index (Phi) is 5.42. The molecule has 0 radical (unpaired) electrons. The lowest BCUT2D eigenvalue weighted by Crippen LogP contribution is -2.16. The Hall–Kier alpha value is -2.18. The smallest absolute Gasteiger partial charge is 0.345 e. The van der Waals surface area contributed by atoms with Gasteiger partial charge in [0.2, 0.25) is 0 Å². The van der Waals surface area contributed by atoms with Crippen molar-refractivity contribution in [3.63, 3.8) is 0 Å². The van der Waals surface area contributed by atoms with Gasteiger partial charge in [-0.2, -0.15) is 0 Å². The molecule has 1 unspecified atom stereocenters. The predicted molar refractivity (Wildman–Crippen MR) is 72.4 cm³/mol. The maximum atomic E-state index is 13.8. The largest absolute Gasteiger partial charge is 0.462 e. The van der Waals surface area contributed by atoms with E-state index in [1.807, 2.05) is 13.8 Å². The molecule has 0 spiro atoms. The molecule has 0 saturated heterocycles. The summed E-state index contributed by atoms with van der Waals surface area (Å²) in [6.07, 6.45) is 0.741. The van der Waals surface area contributed by atoms with Gasteiger partial charge in [0.25, 0.3) is 5.69 Å². The molecule has 1 aromatic rings. The molecular weight excluding hydrogens is 267 g/mol. The van der Waals surface area contributed by atoms with Crippen molar-refractivity contribution in [1.82, 2.24) is 0 Å². The van der Waals surface area contributed by atoms with Crippen LogP contribution in [0, 0.1) is 15.9 Å². The number of anilines is 1. The number of nitrogens with one attached hydrogen (secondary N) is 1. The highest BCUT2D eigenvalue weighted by molar-refractivity contribution is 5.95. The number of hydrogen-bond acceptors (Lipinski definition) is 5. The van der Waals surface area contributed by atoms with Gasteiger partial charge in [0, 0.05) is 6.04 Å². The van der Waals surface area contributed by atoms with E-state index in [1.54, 1.807) is 6.92 Å². The minimum absolute atomic E-state index is 0.0269. The minimum atomic E-state index is -0.841. The number of nitro groups is 1. The summed E-state index contributed by atoms with van der Waals surface area (Å²) in [7, 11) is 0. The summed E-state index contributed by atoms with van der Waals surface area (Å²) in [5.74, 6) is -1.61. The van der Waals surface area contributed by atoms with E-state index in [-0.39, 0.29) is 23.9 Å². The third-order valence-corrected chi connectivity index (χ3v) is 2.79. The van der Waals surface area contributed by atoms with Crippen LogP contribution in [0.3, 0.4) is 0 Å². The normalized spacial score (nSPS) is 11.8. The zero-order valence-electron chi connectivity index (χ0n) is 11.6. The van der Waals surface area contributed by atoms with Crippen LogP contribution >= 0.6 is 0 Å². The molecule has 7 heteroatoms. The number of ether oxygens (including phenoxy) is 1. The third-order valence-electron chi connectivity index (χ3n) is 2.79. The Balaban J connectivity index is 3.26. The van der Waals surface area contributed by atoms with Crippen LogP contribution in [0.25, 0.3) is 0 Å². The first-order valence-electron chi connectivity index (χ1n) is 6.32. The van der Waals surface area contributed by atoms with Crippen LogP contribution in [0.2, 0.25) is 0 Å². The summed E-state index contributed by atoms with van der Waals surface area (Å²) in [6.45, 7) is 5.42. The highest BCUT2D eigenvalue weighted by Gasteiger charge is 2.25. The molecule has 0 aliphatic heterocycles. The summed E-state index contributed by atoms with van der Waals surface area (Å²) in [5.41, 5.74) is -0.812. The zero-order chi connectivity index (χ0) is 15.3. The molecule has 1 aromatic carbocycles. The Morgan fingerprint density at radius 3 is 2.65 bits per heavy atom. The fraction of sp³-hybridized carbons (Fsp3) is 0.462. The maximum Gasteiger partial charge on any atom is 0.345 e. The zero-order valence-corrected chi connectivity index (χ0v) is 11.6. The second kappa shape index (κ2) is 6.83. The standard InChI is InChI=1S/C13H17FN2O4/c1-4-8(3)15-11-6-9(13(17)20-5-2)12(16(18)19)7-10(11)14/h6-8,15H,4-5H2,1-3H3. The van der Waals surface area contributed by atoms with E-state index < -0.39 is 22.4 Å². The molecule has 0 aromatic heterocycles. The lowest BCUT2D eigenvalue weighted by molar-refractivity contribution is -0.385. The van der Waals surface area contributed by atoms with Crippen molar-refractivity contribution in [2.24, 2.45) is 0 Å². The number of rotatable bonds is 6. The maximum absolute atomic E-state index is 13.8. The highest BCUT2D eigenvalue weighted by atomic mass is 19.1. The van der Waals surface area contributed by atoms with Crippen LogP contribution in [-0.2, 0) is 4.74 Å². The summed E-state index contributed by atoms with van der Waals surface area (Å²) < 4.78 is 18.6. The predicted octanol–water partition coefficient (Wildman–Crippen LogP) is 3.12. The van der Waals surface area contributed by atoms with Gasteiger partial charge in [0.1, 0.15) is 5.56 Å². The number of hydrogen-bond donors (Lipinski definition) is 1. The van der Waals surface area contributed by atoms with E-state index in [0.29, 0.717) is 0 Å². The molecule has 1 N–H and O–H groups in total. The Morgan fingerprint density at radius 2 is 2.15 bits per heavy atom. The van der Waals surface area contributed by atoms with E-state index in [1.165, 1.54) is 0 Å². The van der Waals surface area contributed by atoms with Crippen molar-refractivity contribution in [3.05, 3.63) is 33.6 Å². The Bertz CT molecular complexity index is 519. The van der Waals surface area contributed by atoms with E-state index in [4.69, 9.17) is 4.74 Å². The van der Waals surface area contributed by atoms with Gasteiger partial charge in [-0.15, -0.1) is 0 Å². The van der Waals surface area contributed by atoms with Crippen LogP contribution in [0.5, 0.6) is 0 Å². The van der Waals surface area contributed by atoms with Gasteiger partial charge < -0.3 is 10.1 Å². The monoisotopic (exact) mass is 284 g/mol. The number of carbonyl (C=O) groups is 1. The highest BCUT2D eigenvalue weighted by Crippen LogP contribution is 2.27. The fourth-order valence-electron chi connectivity index (χ4n) is 1.56. The molecule has 110 valence electrons. The molecule has 0 heterocycles. The average molecular weight is 284 g/mol. The van der Waals surface area contributed by atoms with Crippen LogP contribution in [0.4, 0.5) is 15.8 Å². The third kappa shape index (κ3) is 3.66. The van der Waals surface area contributed by atoms with Crippen LogP contribution in [0.1, 0.15) is 37.6 Å². The molecule has 0 aliphatic rings. The summed E-state index contributed by atoms with van der Waals surface area (Å²) in [5, 5.41) is 13.7. The average Bonchev–Trinajstić information content (AvgIpc) is 2.40. The second-order valence-corrected chi connectivity index (χ2v) is 4.28. The summed E-state index contributed by atoms with van der Waals surface area (Å²) >= 11 is 0. The van der Waals surface area contributed by atoms with Crippen molar-refractivity contribution in [2.45, 2.75) is 33.2 Å². The van der Waals surface area contributed by atoms with Gasteiger partial charge in [0.05, 0.1) is 23.3 Å². The van der Waals surface area contributed by atoms with Crippen molar-refractivity contribution in [2.75, 3.05) is 11.9 Å². The lowest BCUT2D eigenvalue weighted by atomic mass is 10.1. The van der Waals surface area contributed by atoms with E-state index in [9.17, 15) is 19.3 Å². The van der Waals surface area contributed by atoms with Crippen LogP contribution in [-0.4, -0.2) is 23.5 Å². The van der Waals surface area contributed by atoms with Crippen LogP contribution < -0.4 is 5.32 Å². The molecule has 0 fully saturated rings. The Labute approximate surface area is 116 Å². The number of carbonyl (C=O) groups excluding carboxylic acids is 1. The quantitative estimate of drug-likeness (QED) is 0.493. The number of nitro benzene ring substituents is 1. The second-order valence-electron chi connectivity index (χ2n) is 4.28. The fourth-order valence-corrected chi connectivity index (χ4v) is 1.56. The van der Waals surface area contributed by atoms with Gasteiger partial charge in [-0.1, -0.05) is 6.92 Å². The molecule has 6 nitrogen and oxygen atoms in total. The van der Waals surface area contributed by atoms with Gasteiger partial charge in [-0.3, -0.25) is 10.1 Å². The molecule has 0 amide bonds. The van der Waals surface area contributed by atoms with Crippen molar-refractivity contribution < 1.29 is 18.8 Å². The first kappa shape index (κ1) is 15.9. The van der Waals surface area contributed by atoms with Gasteiger partial charge >= 0.3 is 5.97 Å².